The van der Waals surface area contributed by atoms with Crippen LogP contribution in [0.15, 0.2) is 24.3 Å². The molecule has 0 spiro atoms. The second kappa shape index (κ2) is 4.62. The Balaban J connectivity index is 3.12. The molecule has 0 saturated carbocycles. The van der Waals surface area contributed by atoms with Gasteiger partial charge in [0, 0.05) is 0 Å². The van der Waals surface area contributed by atoms with Crippen LogP contribution >= 0.6 is 0 Å². The van der Waals surface area contributed by atoms with Gasteiger partial charge in [-0.05, 0) is 18.2 Å². The monoisotopic (exact) mass is 222 g/mol. The second-order valence-corrected chi connectivity index (χ2v) is 9.55. The summed E-state index contributed by atoms with van der Waals surface area (Å²) < 4.78 is 5.05. The van der Waals surface area contributed by atoms with Crippen LogP contribution in [0.3, 0.4) is 0 Å². The maximum absolute atomic E-state index is 11.7. The molecule has 2 nitrogen and oxygen atoms in total. The third-order valence-electron chi connectivity index (χ3n) is 2.23. The topological polar surface area (TPSA) is 26.3 Å². The molecule has 0 heterocycles. The Morgan fingerprint density at radius 3 is 2.40 bits per heavy atom. The van der Waals surface area contributed by atoms with Crippen LogP contribution < -0.4 is 5.19 Å². The van der Waals surface area contributed by atoms with Gasteiger partial charge in [-0.3, -0.25) is 0 Å². The SMILES string of the molecule is CCOC(=O)c1ccccc1[Si](C)(C)C. The van der Waals surface area contributed by atoms with Crippen LogP contribution in [-0.4, -0.2) is 20.7 Å². The van der Waals surface area contributed by atoms with Gasteiger partial charge in [-0.25, -0.2) is 4.79 Å². The number of hydrogen-bond donors (Lipinski definition) is 0. The highest BCUT2D eigenvalue weighted by molar-refractivity contribution is 6.89. The third kappa shape index (κ3) is 2.93. The predicted molar refractivity (Wildman–Crippen MR) is 65.4 cm³/mol. The fraction of sp³-hybridized carbons (Fsp3) is 0.417. The van der Waals surface area contributed by atoms with Crippen LogP contribution in [0, 0.1) is 0 Å². The summed E-state index contributed by atoms with van der Waals surface area (Å²) in [6.45, 7) is 8.94. The van der Waals surface area contributed by atoms with Gasteiger partial charge >= 0.3 is 5.97 Å². The van der Waals surface area contributed by atoms with Crippen molar-refractivity contribution in [3.8, 4) is 0 Å². The Labute approximate surface area is 92.3 Å². The first-order valence-electron chi connectivity index (χ1n) is 5.23. The van der Waals surface area contributed by atoms with E-state index < -0.39 is 8.07 Å². The number of hydrogen-bond acceptors (Lipinski definition) is 2. The predicted octanol–water partition coefficient (Wildman–Crippen LogP) is 2.41. The summed E-state index contributed by atoms with van der Waals surface area (Å²) in [6.07, 6.45) is 0. The average molecular weight is 222 g/mol. The lowest BCUT2D eigenvalue weighted by Crippen LogP contribution is -2.41. The van der Waals surface area contributed by atoms with E-state index in [2.05, 4.69) is 19.6 Å². The molecular weight excluding hydrogens is 204 g/mol. The average Bonchev–Trinajstić information content (AvgIpc) is 2.17. The van der Waals surface area contributed by atoms with Crippen LogP contribution in [0.5, 0.6) is 0 Å². The molecule has 0 bridgehead atoms. The van der Waals surface area contributed by atoms with Crippen LogP contribution in [0.25, 0.3) is 0 Å². The number of carbonyl (C=O) groups is 1. The summed E-state index contributed by atoms with van der Waals surface area (Å²) in [6, 6.07) is 7.76. The minimum atomic E-state index is -1.47. The number of benzene rings is 1. The minimum absolute atomic E-state index is 0.199. The summed E-state index contributed by atoms with van der Waals surface area (Å²) in [4.78, 5) is 11.7. The molecule has 0 aromatic heterocycles. The maximum atomic E-state index is 11.7. The minimum Gasteiger partial charge on any atom is -0.462 e. The Morgan fingerprint density at radius 1 is 1.27 bits per heavy atom. The van der Waals surface area contributed by atoms with Crippen molar-refractivity contribution in [3.05, 3.63) is 29.8 Å². The Kier molecular flexibility index (Phi) is 3.69. The molecule has 0 amide bonds. The number of rotatable bonds is 3. The van der Waals surface area contributed by atoms with Crippen molar-refractivity contribution in [1.29, 1.82) is 0 Å². The van der Waals surface area contributed by atoms with Crippen LogP contribution in [0.4, 0.5) is 0 Å². The summed E-state index contributed by atoms with van der Waals surface area (Å²) in [5, 5.41) is 1.17. The van der Waals surface area contributed by atoms with E-state index in [-0.39, 0.29) is 5.97 Å². The maximum Gasteiger partial charge on any atom is 0.337 e. The molecule has 0 atom stereocenters. The molecule has 15 heavy (non-hydrogen) atoms. The van der Waals surface area contributed by atoms with Crippen molar-refractivity contribution in [3.63, 3.8) is 0 Å². The molecule has 0 aliphatic carbocycles. The molecule has 3 heteroatoms. The van der Waals surface area contributed by atoms with Gasteiger partial charge < -0.3 is 4.74 Å². The van der Waals surface area contributed by atoms with E-state index in [0.29, 0.717) is 6.61 Å². The third-order valence-corrected chi connectivity index (χ3v) is 4.28. The first kappa shape index (κ1) is 12.0. The van der Waals surface area contributed by atoms with Gasteiger partial charge in [0.1, 0.15) is 0 Å². The molecule has 0 aliphatic heterocycles. The normalized spacial score (nSPS) is 11.2. The smallest absolute Gasteiger partial charge is 0.337 e. The summed E-state index contributed by atoms with van der Waals surface area (Å²) >= 11 is 0. The molecule has 0 saturated heterocycles. The van der Waals surface area contributed by atoms with Crippen LogP contribution in [0.1, 0.15) is 17.3 Å². The van der Waals surface area contributed by atoms with Crippen molar-refractivity contribution in [1.82, 2.24) is 0 Å². The molecule has 0 unspecified atom stereocenters. The molecule has 82 valence electrons. The largest absolute Gasteiger partial charge is 0.462 e. The molecule has 0 fully saturated rings. The molecule has 1 rings (SSSR count). The highest BCUT2D eigenvalue weighted by Gasteiger charge is 2.23. The van der Waals surface area contributed by atoms with E-state index in [4.69, 9.17) is 4.74 Å². The summed E-state index contributed by atoms with van der Waals surface area (Å²) in [5.41, 5.74) is 0.735. The van der Waals surface area contributed by atoms with Crippen molar-refractivity contribution < 1.29 is 9.53 Å². The lowest BCUT2D eigenvalue weighted by molar-refractivity contribution is 0.0528. The van der Waals surface area contributed by atoms with Gasteiger partial charge in [-0.1, -0.05) is 37.8 Å². The van der Waals surface area contributed by atoms with E-state index in [1.807, 2.05) is 31.2 Å². The second-order valence-electron chi connectivity index (χ2n) is 4.52. The summed E-state index contributed by atoms with van der Waals surface area (Å²) in [7, 11) is -1.47. The lowest BCUT2D eigenvalue weighted by atomic mass is 10.2. The molecular formula is C12H18O2Si. The number of esters is 1. The van der Waals surface area contributed by atoms with Gasteiger partial charge in [0.2, 0.25) is 0 Å². The Hall–Kier alpha value is -1.09. The van der Waals surface area contributed by atoms with Gasteiger partial charge in [-0.2, -0.15) is 0 Å². The van der Waals surface area contributed by atoms with Crippen molar-refractivity contribution in [2.24, 2.45) is 0 Å². The van der Waals surface area contributed by atoms with E-state index in [1.54, 1.807) is 0 Å². The molecule has 1 aromatic carbocycles. The first-order valence-corrected chi connectivity index (χ1v) is 8.73. The highest BCUT2D eigenvalue weighted by atomic mass is 28.3. The standard InChI is InChI=1S/C12H18O2Si/c1-5-14-12(13)10-8-6-7-9-11(10)15(2,3)4/h6-9H,5H2,1-4H3. The number of ether oxygens (including phenoxy) is 1. The Morgan fingerprint density at radius 2 is 1.87 bits per heavy atom. The van der Waals surface area contributed by atoms with Gasteiger partial charge in [0.05, 0.1) is 20.2 Å². The number of carbonyl (C=O) groups excluding carboxylic acids is 1. The zero-order valence-corrected chi connectivity index (χ0v) is 10.8. The summed E-state index contributed by atoms with van der Waals surface area (Å²) in [5.74, 6) is -0.199. The zero-order valence-electron chi connectivity index (χ0n) is 9.83. The van der Waals surface area contributed by atoms with Crippen LogP contribution in [-0.2, 0) is 4.74 Å². The van der Waals surface area contributed by atoms with Crippen LogP contribution in [0.2, 0.25) is 19.6 Å². The van der Waals surface area contributed by atoms with Crippen molar-refractivity contribution in [2.75, 3.05) is 6.61 Å². The lowest BCUT2D eigenvalue weighted by Gasteiger charge is -2.19. The fourth-order valence-corrected chi connectivity index (χ4v) is 3.11. The molecule has 0 aliphatic rings. The van der Waals surface area contributed by atoms with Crippen molar-refractivity contribution in [2.45, 2.75) is 26.6 Å². The van der Waals surface area contributed by atoms with E-state index in [1.165, 1.54) is 5.19 Å². The quantitative estimate of drug-likeness (QED) is 0.580. The Bertz CT molecular complexity index is 353. The highest BCUT2D eigenvalue weighted by Crippen LogP contribution is 2.08. The molecule has 0 radical (unpaired) electrons. The first-order chi connectivity index (χ1) is 6.96. The van der Waals surface area contributed by atoms with Gasteiger partial charge in [0.15, 0.2) is 0 Å². The molecule has 0 N–H and O–H groups in total. The van der Waals surface area contributed by atoms with Gasteiger partial charge in [0.25, 0.3) is 0 Å². The van der Waals surface area contributed by atoms with E-state index in [9.17, 15) is 4.79 Å². The fourth-order valence-electron chi connectivity index (χ4n) is 1.52. The van der Waals surface area contributed by atoms with Gasteiger partial charge in [-0.15, -0.1) is 0 Å². The van der Waals surface area contributed by atoms with E-state index in [0.717, 1.165) is 5.56 Å². The van der Waals surface area contributed by atoms with Crippen molar-refractivity contribution >= 4 is 19.2 Å². The molecule has 1 aromatic rings. The zero-order chi connectivity index (χ0) is 11.5. The van der Waals surface area contributed by atoms with E-state index >= 15 is 0 Å².